The summed E-state index contributed by atoms with van der Waals surface area (Å²) in [6, 6.07) is -26.3. The molecule has 0 rings (SSSR count). The molecule has 0 heterocycles. The first-order chi connectivity index (χ1) is 57.7. The molecule has 0 spiro atoms. The standard InChI is InChI=1S/C5H4N2O5.30CH4N2O/c8-1-6(2-9)5(12)7(3-10)4-11;30*2-1(3)4/h1-4H;30*(H4,2,3,4). The highest BCUT2D eigenvalue weighted by Gasteiger charge is 2.18. The number of carbonyl (C=O) groups excluding carboxylic acids is 35. The van der Waals surface area contributed by atoms with E-state index in [-0.39, 0.29) is 35.4 Å². The lowest BCUT2D eigenvalue weighted by Gasteiger charge is -2.10. The summed E-state index contributed by atoms with van der Waals surface area (Å²) in [5.41, 5.74) is 255. The average molecular weight is 1970 g/mol. The van der Waals surface area contributed by atoms with E-state index >= 15 is 0 Å². The number of amides is 66. The second kappa shape index (κ2) is 193. The Morgan fingerprint density at radius 3 is 0.129 bits per heavy atom. The van der Waals surface area contributed by atoms with Crippen LogP contribution in [0.2, 0.25) is 0 Å². The van der Waals surface area contributed by atoms with Gasteiger partial charge in [0.15, 0.2) is 0 Å². The van der Waals surface area contributed by atoms with Gasteiger partial charge in [-0.3, -0.25) is 19.2 Å². The number of urea groups is 31. The van der Waals surface area contributed by atoms with Crippen LogP contribution in [0.25, 0.3) is 0 Å². The molecule has 0 aliphatic carbocycles. The van der Waals surface area contributed by atoms with E-state index in [1.807, 2.05) is 0 Å². The highest BCUT2D eigenvalue weighted by Crippen LogP contribution is 1.87. The van der Waals surface area contributed by atoms with Gasteiger partial charge in [-0.05, 0) is 0 Å². The summed E-state index contributed by atoms with van der Waals surface area (Å²) in [7, 11) is 0. The lowest BCUT2D eigenvalue weighted by atomic mass is 10.7. The van der Waals surface area contributed by atoms with Crippen molar-refractivity contribution in [2.24, 2.45) is 344 Å². The van der Waals surface area contributed by atoms with Crippen LogP contribution in [0.15, 0.2) is 0 Å². The van der Waals surface area contributed by atoms with E-state index in [2.05, 4.69) is 344 Å². The lowest BCUT2D eigenvalue weighted by Crippen LogP contribution is -2.40. The zero-order valence-electron chi connectivity index (χ0n) is 67.6. The summed E-state index contributed by atoms with van der Waals surface area (Å²) in [5, 5.41) is 0. The highest BCUT2D eigenvalue weighted by atomic mass is 16.2. The maximum atomic E-state index is 10.7. The number of nitrogens with zero attached hydrogens (tertiary/aromatic N) is 2. The van der Waals surface area contributed by atoms with Gasteiger partial charge in [0, 0.05) is 0 Å². The SMILES string of the molecule is NC(N)=O.NC(N)=O.NC(N)=O.NC(N)=O.NC(N)=O.NC(N)=O.NC(N)=O.NC(N)=O.NC(N)=O.NC(N)=O.NC(N)=O.NC(N)=O.NC(N)=O.NC(N)=O.NC(N)=O.NC(N)=O.NC(N)=O.NC(N)=O.NC(N)=O.NC(N)=O.NC(N)=O.NC(N)=O.NC(N)=O.NC(N)=O.NC(N)=O.NC(N)=O.NC(N)=O.NC(N)=O.NC(N)=O.NC(N)=O.O=CN(C=O)C(=O)N(C=O)C=O. The molecule has 0 saturated carbocycles. The van der Waals surface area contributed by atoms with Gasteiger partial charge in [-0.25, -0.2) is 158 Å². The molecule has 0 saturated heterocycles. The fraction of sp³-hybridized carbons (Fsp3) is 0. The Labute approximate surface area is 733 Å². The lowest BCUT2D eigenvalue weighted by molar-refractivity contribution is -0.129. The van der Waals surface area contributed by atoms with Crippen LogP contribution in [-0.2, 0) is 19.2 Å². The Hall–Kier alpha value is -23.9. The first-order valence-electron chi connectivity index (χ1n) is 26.1. The van der Waals surface area contributed by atoms with Crippen LogP contribution >= 0.6 is 0 Å². The number of nitrogens with two attached hydrogens (primary N) is 60. The smallest absolute Gasteiger partial charge is 0.346 e. The molecule has 97 nitrogen and oxygen atoms in total. The molecule has 0 aromatic heterocycles. The monoisotopic (exact) mass is 1970 g/mol. The van der Waals surface area contributed by atoms with Crippen molar-refractivity contribution in [3.63, 3.8) is 0 Å². The summed E-state index contributed by atoms with van der Waals surface area (Å²) in [5.74, 6) is 0. The van der Waals surface area contributed by atoms with Gasteiger partial charge in [0.1, 0.15) is 0 Å². The number of hydrogen-bond acceptors (Lipinski definition) is 35. The molecule has 784 valence electrons. The van der Waals surface area contributed by atoms with Gasteiger partial charge in [0.2, 0.25) is 25.6 Å². The predicted octanol–water partition coefficient (Wildman–Crippen LogP) is -31.0. The van der Waals surface area contributed by atoms with Crippen LogP contribution < -0.4 is 344 Å². The summed E-state index contributed by atoms with van der Waals surface area (Å²) < 4.78 is 0. The zero-order chi connectivity index (χ0) is 117. The molecular formula is C35H124N62O35. The Balaban J connectivity index is -0.0000000277. The van der Waals surface area contributed by atoms with Gasteiger partial charge in [0.25, 0.3) is 0 Å². The molecule has 0 radical (unpaired) electrons. The summed E-state index contributed by atoms with van der Waals surface area (Å²) in [4.78, 5) is 320. The van der Waals surface area contributed by atoms with E-state index in [0.29, 0.717) is 0 Å². The topological polar surface area (TPSA) is 2170 Å². The molecule has 0 atom stereocenters. The third-order valence-electron chi connectivity index (χ3n) is 0.896. The fourth-order valence-corrected chi connectivity index (χ4v) is 0.363. The minimum absolute atomic E-state index is 0.0167. The van der Waals surface area contributed by atoms with Gasteiger partial charge in [0.05, 0.1) is 0 Å². The fourth-order valence-electron chi connectivity index (χ4n) is 0.363. The highest BCUT2D eigenvalue weighted by molar-refractivity contribution is 6.05. The summed E-state index contributed by atoms with van der Waals surface area (Å²) >= 11 is 0. The number of hydrogen-bond donors (Lipinski definition) is 60. The molecule has 97 heteroatoms. The van der Waals surface area contributed by atoms with Crippen LogP contribution in [0.1, 0.15) is 0 Å². The van der Waals surface area contributed by atoms with E-state index < -0.39 is 187 Å². The third kappa shape index (κ3) is 18500. The molecule has 0 aliphatic rings. The maximum Gasteiger partial charge on any atom is 0.346 e. The van der Waals surface area contributed by atoms with E-state index in [0.717, 1.165) is 0 Å². The minimum Gasteiger partial charge on any atom is -0.352 e. The molecule has 66 amide bonds. The van der Waals surface area contributed by atoms with Crippen LogP contribution in [0.5, 0.6) is 0 Å². The summed E-state index contributed by atoms with van der Waals surface area (Å²) in [6.45, 7) is 0. The Morgan fingerprint density at radius 2 is 0.114 bits per heavy atom. The van der Waals surface area contributed by atoms with Gasteiger partial charge >= 0.3 is 187 Å². The van der Waals surface area contributed by atoms with Crippen LogP contribution in [-0.4, -0.2) is 222 Å². The third-order valence-corrected chi connectivity index (χ3v) is 0.896. The molecule has 0 fully saturated rings. The molecular weight excluding hydrogens is 1850 g/mol. The van der Waals surface area contributed by atoms with Gasteiger partial charge in [-0.15, -0.1) is 0 Å². The largest absolute Gasteiger partial charge is 0.352 e. The van der Waals surface area contributed by atoms with Gasteiger partial charge in [-0.2, -0.15) is 0 Å². The number of primary amides is 60. The predicted molar refractivity (Wildman–Crippen MR) is 446 cm³/mol. The molecule has 0 unspecified atom stereocenters. The average Bonchev–Trinajstić information content (AvgIpc) is 0.915. The zero-order valence-corrected chi connectivity index (χ0v) is 67.6. The van der Waals surface area contributed by atoms with Crippen molar-refractivity contribution in [2.45, 2.75) is 0 Å². The first-order valence-corrected chi connectivity index (χ1v) is 26.1. The summed E-state index contributed by atoms with van der Waals surface area (Å²) in [6.07, 6.45) is -0.463. The normalized spacial score (nSPS) is 6.18. The van der Waals surface area contributed by atoms with Crippen molar-refractivity contribution < 1.29 is 168 Å². The second-order valence-corrected chi connectivity index (χ2v) is 13.6. The van der Waals surface area contributed by atoms with Crippen LogP contribution in [0.3, 0.4) is 0 Å². The molecule has 132 heavy (non-hydrogen) atoms. The molecule has 0 aromatic rings. The molecule has 0 aromatic carbocycles. The van der Waals surface area contributed by atoms with E-state index in [4.69, 9.17) is 144 Å². The molecule has 0 bridgehead atoms. The second-order valence-electron chi connectivity index (χ2n) is 13.6. The molecule has 0 aliphatic heterocycles. The van der Waals surface area contributed by atoms with Crippen molar-refractivity contribution in [3.8, 4) is 0 Å². The van der Waals surface area contributed by atoms with Crippen LogP contribution in [0, 0.1) is 0 Å². The van der Waals surface area contributed by atoms with Gasteiger partial charge in [-0.1, -0.05) is 0 Å². The van der Waals surface area contributed by atoms with E-state index in [9.17, 15) is 24.0 Å². The first kappa shape index (κ1) is 209. The van der Waals surface area contributed by atoms with Gasteiger partial charge < -0.3 is 344 Å². The number of rotatable bonds is 4. The molecule has 120 N–H and O–H groups in total. The van der Waals surface area contributed by atoms with Crippen molar-refractivity contribution in [2.75, 3.05) is 0 Å². The minimum atomic E-state index is -1.31. The Bertz CT molecular complexity index is 2160. The maximum absolute atomic E-state index is 10.7. The van der Waals surface area contributed by atoms with Crippen molar-refractivity contribution in [1.82, 2.24) is 9.80 Å². The Kier molecular flexibility index (Phi) is 304. The quantitative estimate of drug-likeness (QED) is 0.116. The van der Waals surface area contributed by atoms with Crippen molar-refractivity contribution in [3.05, 3.63) is 0 Å². The van der Waals surface area contributed by atoms with Crippen molar-refractivity contribution in [1.29, 1.82) is 0 Å². The number of carbonyl (C=O) groups is 35. The van der Waals surface area contributed by atoms with Crippen LogP contribution in [0.4, 0.5) is 149 Å². The Morgan fingerprint density at radius 1 is 0.0909 bits per heavy atom. The van der Waals surface area contributed by atoms with E-state index in [1.54, 1.807) is 0 Å². The number of imide groups is 6. The van der Waals surface area contributed by atoms with E-state index in [1.165, 1.54) is 0 Å². The van der Waals surface area contributed by atoms with Crippen molar-refractivity contribution >= 4 is 213 Å².